The summed E-state index contributed by atoms with van der Waals surface area (Å²) in [6.07, 6.45) is 9.98. The van der Waals surface area contributed by atoms with Crippen LogP contribution in [-0.2, 0) is 0 Å². The van der Waals surface area contributed by atoms with Crippen molar-refractivity contribution in [1.29, 1.82) is 0 Å². The van der Waals surface area contributed by atoms with Crippen molar-refractivity contribution in [2.75, 3.05) is 19.6 Å². The van der Waals surface area contributed by atoms with Gasteiger partial charge in [0.15, 0.2) is 0 Å². The Kier molecular flexibility index (Phi) is 4.20. The number of benzene rings is 1. The van der Waals surface area contributed by atoms with Crippen LogP contribution in [0.1, 0.15) is 12.0 Å². The van der Waals surface area contributed by atoms with E-state index in [4.69, 9.17) is 11.6 Å². The molecule has 0 N–H and O–H groups in total. The van der Waals surface area contributed by atoms with Crippen LogP contribution in [0, 0.1) is 0 Å². The van der Waals surface area contributed by atoms with E-state index in [2.05, 4.69) is 35.3 Å². The van der Waals surface area contributed by atoms with Crippen LogP contribution in [0.2, 0.25) is 5.02 Å². The summed E-state index contributed by atoms with van der Waals surface area (Å²) in [6.45, 7) is 3.24. The van der Waals surface area contributed by atoms with Gasteiger partial charge in [-0.25, -0.2) is 0 Å². The largest absolute Gasteiger partial charge is 0.296 e. The second kappa shape index (κ2) is 5.88. The van der Waals surface area contributed by atoms with Gasteiger partial charge in [-0.3, -0.25) is 4.90 Å². The molecule has 1 aliphatic heterocycles. The van der Waals surface area contributed by atoms with Crippen molar-refractivity contribution in [3.05, 3.63) is 53.1 Å². The van der Waals surface area contributed by atoms with Gasteiger partial charge in [-0.2, -0.15) is 0 Å². The van der Waals surface area contributed by atoms with Gasteiger partial charge in [0.1, 0.15) is 0 Å². The zero-order valence-corrected chi connectivity index (χ0v) is 10.0. The van der Waals surface area contributed by atoms with E-state index >= 15 is 0 Å². The van der Waals surface area contributed by atoms with Crippen LogP contribution in [0.25, 0.3) is 6.08 Å². The average molecular weight is 234 g/mol. The van der Waals surface area contributed by atoms with Crippen LogP contribution in [0.5, 0.6) is 0 Å². The van der Waals surface area contributed by atoms with Crippen LogP contribution in [-0.4, -0.2) is 24.5 Å². The van der Waals surface area contributed by atoms with E-state index in [9.17, 15) is 0 Å². The molecule has 1 nitrogen and oxygen atoms in total. The highest BCUT2D eigenvalue weighted by Crippen LogP contribution is 2.12. The molecule has 0 fully saturated rings. The highest BCUT2D eigenvalue weighted by atomic mass is 35.5. The number of hydrogen-bond acceptors (Lipinski definition) is 1. The lowest BCUT2D eigenvalue weighted by atomic mass is 10.2. The summed E-state index contributed by atoms with van der Waals surface area (Å²) in [5.74, 6) is 0. The molecule has 0 atom stereocenters. The fourth-order valence-electron chi connectivity index (χ4n) is 1.80. The lowest BCUT2D eigenvalue weighted by molar-refractivity contribution is 0.331. The van der Waals surface area contributed by atoms with Crippen LogP contribution < -0.4 is 0 Å². The summed E-state index contributed by atoms with van der Waals surface area (Å²) in [6, 6.07) is 7.92. The molecule has 0 bridgehead atoms. The molecule has 0 aromatic heterocycles. The van der Waals surface area contributed by atoms with E-state index in [-0.39, 0.29) is 0 Å². The molecule has 84 valence electrons. The lowest BCUT2D eigenvalue weighted by Gasteiger charge is -2.20. The fraction of sp³-hybridized carbons (Fsp3) is 0.286. The van der Waals surface area contributed by atoms with E-state index in [0.29, 0.717) is 0 Å². The molecule has 1 aromatic carbocycles. The van der Waals surface area contributed by atoms with Gasteiger partial charge in [0, 0.05) is 24.7 Å². The lowest BCUT2D eigenvalue weighted by Crippen LogP contribution is -2.27. The third kappa shape index (κ3) is 3.51. The van der Waals surface area contributed by atoms with Crippen LogP contribution in [0.4, 0.5) is 0 Å². The highest BCUT2D eigenvalue weighted by Gasteiger charge is 2.02. The SMILES string of the molecule is Clc1cccc(C=CCN2CC=CCC2)c1. The second-order valence-corrected chi connectivity index (χ2v) is 4.41. The molecule has 1 aromatic rings. The maximum atomic E-state index is 5.92. The summed E-state index contributed by atoms with van der Waals surface area (Å²) >= 11 is 5.92. The number of nitrogens with zero attached hydrogens (tertiary/aromatic N) is 1. The van der Waals surface area contributed by atoms with E-state index < -0.39 is 0 Å². The molecule has 2 heteroatoms. The summed E-state index contributed by atoms with van der Waals surface area (Å²) in [4.78, 5) is 2.42. The monoisotopic (exact) mass is 233 g/mol. The Balaban J connectivity index is 1.87. The minimum Gasteiger partial charge on any atom is -0.296 e. The number of hydrogen-bond donors (Lipinski definition) is 0. The third-order valence-electron chi connectivity index (χ3n) is 2.66. The van der Waals surface area contributed by atoms with Crippen molar-refractivity contribution in [3.8, 4) is 0 Å². The molecule has 0 saturated heterocycles. The van der Waals surface area contributed by atoms with Crippen molar-refractivity contribution in [3.63, 3.8) is 0 Å². The van der Waals surface area contributed by atoms with Gasteiger partial charge in [0.05, 0.1) is 0 Å². The summed E-state index contributed by atoms with van der Waals surface area (Å²) < 4.78 is 0. The Morgan fingerprint density at radius 1 is 1.31 bits per heavy atom. The zero-order valence-electron chi connectivity index (χ0n) is 9.27. The van der Waals surface area contributed by atoms with Crippen molar-refractivity contribution in [2.24, 2.45) is 0 Å². The highest BCUT2D eigenvalue weighted by molar-refractivity contribution is 6.30. The zero-order chi connectivity index (χ0) is 11.2. The quantitative estimate of drug-likeness (QED) is 0.721. The second-order valence-electron chi connectivity index (χ2n) is 3.98. The molecule has 0 amide bonds. The van der Waals surface area contributed by atoms with Crippen LogP contribution in [0.15, 0.2) is 42.5 Å². The summed E-state index contributed by atoms with van der Waals surface area (Å²) in [7, 11) is 0. The van der Waals surface area contributed by atoms with Crippen LogP contribution >= 0.6 is 11.6 Å². The predicted octanol–water partition coefficient (Wildman–Crippen LogP) is 3.62. The molecule has 0 radical (unpaired) electrons. The third-order valence-corrected chi connectivity index (χ3v) is 2.90. The topological polar surface area (TPSA) is 3.24 Å². The maximum Gasteiger partial charge on any atom is 0.0411 e. The first kappa shape index (κ1) is 11.4. The van der Waals surface area contributed by atoms with E-state index in [1.807, 2.05) is 18.2 Å². The molecule has 0 saturated carbocycles. The Labute approximate surface area is 102 Å². The molecule has 1 aliphatic rings. The molecule has 1 heterocycles. The fourth-order valence-corrected chi connectivity index (χ4v) is 2.00. The minimum atomic E-state index is 0.794. The Morgan fingerprint density at radius 2 is 2.25 bits per heavy atom. The van der Waals surface area contributed by atoms with Crippen molar-refractivity contribution >= 4 is 17.7 Å². The van der Waals surface area contributed by atoms with Gasteiger partial charge in [-0.1, -0.05) is 48.0 Å². The van der Waals surface area contributed by atoms with E-state index in [0.717, 1.165) is 24.7 Å². The Bertz CT molecular complexity index is 395. The van der Waals surface area contributed by atoms with Gasteiger partial charge in [-0.15, -0.1) is 0 Å². The molecule has 16 heavy (non-hydrogen) atoms. The first-order valence-electron chi connectivity index (χ1n) is 5.64. The molecule has 0 spiro atoms. The molecule has 2 rings (SSSR count). The van der Waals surface area contributed by atoms with Gasteiger partial charge >= 0.3 is 0 Å². The molecular weight excluding hydrogens is 218 g/mol. The van der Waals surface area contributed by atoms with Gasteiger partial charge < -0.3 is 0 Å². The van der Waals surface area contributed by atoms with Crippen LogP contribution in [0.3, 0.4) is 0 Å². The first-order chi connectivity index (χ1) is 7.84. The van der Waals surface area contributed by atoms with Gasteiger partial charge in [0.25, 0.3) is 0 Å². The van der Waals surface area contributed by atoms with E-state index in [1.165, 1.54) is 12.0 Å². The number of rotatable bonds is 3. The Morgan fingerprint density at radius 3 is 3.00 bits per heavy atom. The normalized spacial score (nSPS) is 17.1. The van der Waals surface area contributed by atoms with Gasteiger partial charge in [0.2, 0.25) is 0 Å². The maximum absolute atomic E-state index is 5.92. The molecule has 0 unspecified atom stereocenters. The molecular formula is C14H16ClN. The summed E-state index contributed by atoms with van der Waals surface area (Å²) in [5.41, 5.74) is 1.17. The minimum absolute atomic E-state index is 0.794. The van der Waals surface area contributed by atoms with Gasteiger partial charge in [-0.05, 0) is 24.1 Å². The standard InChI is InChI=1S/C14H16ClN/c15-14-8-4-6-13(12-14)7-5-11-16-9-2-1-3-10-16/h1-2,4-8,12H,3,9-11H2. The van der Waals surface area contributed by atoms with Crippen molar-refractivity contribution in [2.45, 2.75) is 6.42 Å². The molecule has 0 aliphatic carbocycles. The average Bonchev–Trinajstić information content (AvgIpc) is 2.30. The summed E-state index contributed by atoms with van der Waals surface area (Å²) in [5, 5.41) is 0.794. The van der Waals surface area contributed by atoms with Crippen molar-refractivity contribution in [1.82, 2.24) is 4.90 Å². The predicted molar refractivity (Wildman–Crippen MR) is 70.7 cm³/mol. The van der Waals surface area contributed by atoms with E-state index in [1.54, 1.807) is 0 Å². The Hall–Kier alpha value is -1.05. The smallest absolute Gasteiger partial charge is 0.0411 e. The number of halogens is 1. The first-order valence-corrected chi connectivity index (χ1v) is 6.02. The van der Waals surface area contributed by atoms with Crippen molar-refractivity contribution < 1.29 is 0 Å².